The van der Waals surface area contributed by atoms with Crippen molar-refractivity contribution in [2.45, 2.75) is 20.0 Å². The molecule has 0 spiro atoms. The molecule has 108 valence electrons. The normalized spacial score (nSPS) is 11.0. The van der Waals surface area contributed by atoms with Crippen LogP contribution in [-0.2, 0) is 13.0 Å². The standard InChI is InChI=1S/C17H18N2O2/c1-13-15(12-20)19-10-5-8-16(17(19)18-13)21-11-9-14-6-3-2-4-7-14/h2-8,10,20H,9,11-12H2,1H3. The molecule has 4 heteroatoms. The van der Waals surface area contributed by atoms with Gasteiger partial charge in [0.15, 0.2) is 11.4 Å². The lowest BCUT2D eigenvalue weighted by Gasteiger charge is -2.08. The molecule has 3 aromatic rings. The van der Waals surface area contributed by atoms with Crippen molar-refractivity contribution in [1.29, 1.82) is 0 Å². The van der Waals surface area contributed by atoms with E-state index >= 15 is 0 Å². The number of aromatic nitrogens is 2. The van der Waals surface area contributed by atoms with Gasteiger partial charge in [-0.3, -0.25) is 4.40 Å². The zero-order chi connectivity index (χ0) is 14.7. The van der Waals surface area contributed by atoms with Gasteiger partial charge < -0.3 is 9.84 Å². The molecule has 0 aliphatic carbocycles. The van der Waals surface area contributed by atoms with E-state index in [1.807, 2.05) is 47.9 Å². The third-order valence-corrected chi connectivity index (χ3v) is 3.55. The third-order valence-electron chi connectivity index (χ3n) is 3.55. The number of hydrogen-bond acceptors (Lipinski definition) is 3. The third kappa shape index (κ3) is 2.76. The molecule has 2 heterocycles. The first-order valence-corrected chi connectivity index (χ1v) is 7.03. The van der Waals surface area contributed by atoms with Crippen LogP contribution in [0.1, 0.15) is 17.0 Å². The maximum absolute atomic E-state index is 9.42. The van der Waals surface area contributed by atoms with E-state index in [1.165, 1.54) is 5.56 Å². The second-order valence-electron chi connectivity index (χ2n) is 4.95. The summed E-state index contributed by atoms with van der Waals surface area (Å²) in [4.78, 5) is 4.49. The van der Waals surface area contributed by atoms with E-state index in [1.54, 1.807) is 0 Å². The van der Waals surface area contributed by atoms with Crippen LogP contribution < -0.4 is 4.74 Å². The van der Waals surface area contributed by atoms with E-state index in [2.05, 4.69) is 17.1 Å². The van der Waals surface area contributed by atoms with E-state index < -0.39 is 0 Å². The number of benzene rings is 1. The molecule has 1 aromatic carbocycles. The Labute approximate surface area is 123 Å². The number of rotatable bonds is 5. The molecule has 0 bridgehead atoms. The summed E-state index contributed by atoms with van der Waals surface area (Å²) >= 11 is 0. The summed E-state index contributed by atoms with van der Waals surface area (Å²) in [6.07, 6.45) is 2.75. The van der Waals surface area contributed by atoms with Gasteiger partial charge in [-0.25, -0.2) is 4.98 Å². The van der Waals surface area contributed by atoms with Crippen molar-refractivity contribution in [3.63, 3.8) is 0 Å². The highest BCUT2D eigenvalue weighted by atomic mass is 16.5. The Kier molecular flexibility index (Phi) is 3.88. The average molecular weight is 282 g/mol. The summed E-state index contributed by atoms with van der Waals surface area (Å²) < 4.78 is 7.75. The van der Waals surface area contributed by atoms with E-state index in [-0.39, 0.29) is 6.61 Å². The largest absolute Gasteiger partial charge is 0.489 e. The maximum atomic E-state index is 9.42. The van der Waals surface area contributed by atoms with Crippen LogP contribution in [-0.4, -0.2) is 21.1 Å². The highest BCUT2D eigenvalue weighted by Crippen LogP contribution is 2.22. The Morgan fingerprint density at radius 2 is 1.95 bits per heavy atom. The number of pyridine rings is 1. The second-order valence-corrected chi connectivity index (χ2v) is 4.95. The summed E-state index contributed by atoms with van der Waals surface area (Å²) in [7, 11) is 0. The summed E-state index contributed by atoms with van der Waals surface area (Å²) in [5.74, 6) is 0.747. The monoisotopic (exact) mass is 282 g/mol. The van der Waals surface area contributed by atoms with Crippen molar-refractivity contribution in [2.24, 2.45) is 0 Å². The Balaban J connectivity index is 1.78. The first-order chi connectivity index (χ1) is 10.3. The number of aryl methyl sites for hydroxylation is 1. The molecule has 21 heavy (non-hydrogen) atoms. The van der Waals surface area contributed by atoms with Gasteiger partial charge in [-0.1, -0.05) is 30.3 Å². The molecule has 4 nitrogen and oxygen atoms in total. The van der Waals surface area contributed by atoms with Gasteiger partial charge in [0.1, 0.15) is 0 Å². The number of imidazole rings is 1. The number of aliphatic hydroxyl groups excluding tert-OH is 1. The number of nitrogens with zero attached hydrogens (tertiary/aromatic N) is 2. The summed E-state index contributed by atoms with van der Waals surface area (Å²) in [5, 5.41) is 9.42. The number of fused-ring (bicyclic) bond motifs is 1. The lowest BCUT2D eigenvalue weighted by Crippen LogP contribution is -2.03. The molecule has 3 rings (SSSR count). The topological polar surface area (TPSA) is 46.8 Å². The zero-order valence-corrected chi connectivity index (χ0v) is 12.0. The van der Waals surface area contributed by atoms with Crippen molar-refractivity contribution in [1.82, 2.24) is 9.38 Å². The minimum absolute atomic E-state index is 0.0273. The predicted molar refractivity (Wildman–Crippen MR) is 81.5 cm³/mol. The predicted octanol–water partition coefficient (Wildman–Crippen LogP) is 2.76. The average Bonchev–Trinajstić information content (AvgIpc) is 2.84. The molecular formula is C17H18N2O2. The fourth-order valence-corrected chi connectivity index (χ4v) is 2.43. The number of hydrogen-bond donors (Lipinski definition) is 1. The van der Waals surface area contributed by atoms with Crippen LogP contribution in [0.3, 0.4) is 0 Å². The number of ether oxygens (including phenoxy) is 1. The van der Waals surface area contributed by atoms with Gasteiger partial charge in [-0.2, -0.15) is 0 Å². The lowest BCUT2D eigenvalue weighted by atomic mass is 10.2. The van der Waals surface area contributed by atoms with Crippen LogP contribution in [0.25, 0.3) is 5.65 Å². The first-order valence-electron chi connectivity index (χ1n) is 7.03. The zero-order valence-electron chi connectivity index (χ0n) is 12.0. The van der Waals surface area contributed by atoms with Gasteiger partial charge >= 0.3 is 0 Å². The van der Waals surface area contributed by atoms with Crippen LogP contribution in [0.4, 0.5) is 0 Å². The number of aliphatic hydroxyl groups is 1. The van der Waals surface area contributed by atoms with Gasteiger partial charge in [0.25, 0.3) is 0 Å². The molecule has 0 saturated carbocycles. The van der Waals surface area contributed by atoms with Crippen molar-refractivity contribution in [3.8, 4) is 5.75 Å². The molecule has 0 atom stereocenters. The molecule has 0 radical (unpaired) electrons. The highest BCUT2D eigenvalue weighted by Gasteiger charge is 2.11. The SMILES string of the molecule is Cc1nc2c(OCCc3ccccc3)cccn2c1CO. The molecule has 1 N–H and O–H groups in total. The van der Waals surface area contributed by atoms with Crippen molar-refractivity contribution < 1.29 is 9.84 Å². The van der Waals surface area contributed by atoms with Gasteiger partial charge in [0.05, 0.1) is 24.6 Å². The van der Waals surface area contributed by atoms with Crippen molar-refractivity contribution in [2.75, 3.05) is 6.61 Å². The molecule has 0 aliphatic rings. The molecule has 0 unspecified atom stereocenters. The fraction of sp³-hybridized carbons (Fsp3) is 0.235. The van der Waals surface area contributed by atoms with Gasteiger partial charge in [0.2, 0.25) is 0 Å². The van der Waals surface area contributed by atoms with E-state index in [0.717, 1.165) is 29.2 Å². The molecule has 0 aliphatic heterocycles. The quantitative estimate of drug-likeness (QED) is 0.782. The molecule has 2 aromatic heterocycles. The summed E-state index contributed by atoms with van der Waals surface area (Å²) in [5.41, 5.74) is 3.64. The molecule has 0 saturated heterocycles. The van der Waals surface area contributed by atoms with Gasteiger partial charge in [-0.05, 0) is 24.6 Å². The molecular weight excluding hydrogens is 264 g/mol. The molecule has 0 fully saturated rings. The van der Waals surface area contributed by atoms with Gasteiger partial charge in [0, 0.05) is 12.6 Å². The minimum Gasteiger partial charge on any atom is -0.489 e. The van der Waals surface area contributed by atoms with Gasteiger partial charge in [-0.15, -0.1) is 0 Å². The smallest absolute Gasteiger partial charge is 0.180 e. The summed E-state index contributed by atoms with van der Waals surface area (Å²) in [6.45, 7) is 2.47. The summed E-state index contributed by atoms with van der Waals surface area (Å²) in [6, 6.07) is 14.1. The Bertz CT molecular complexity index is 735. The van der Waals surface area contributed by atoms with Crippen LogP contribution >= 0.6 is 0 Å². The first kappa shape index (κ1) is 13.6. The van der Waals surface area contributed by atoms with E-state index in [9.17, 15) is 5.11 Å². The van der Waals surface area contributed by atoms with Crippen LogP contribution in [0.15, 0.2) is 48.7 Å². The van der Waals surface area contributed by atoms with Crippen LogP contribution in [0, 0.1) is 6.92 Å². The minimum atomic E-state index is -0.0273. The van der Waals surface area contributed by atoms with E-state index in [0.29, 0.717) is 6.61 Å². The van der Waals surface area contributed by atoms with Crippen LogP contribution in [0.2, 0.25) is 0 Å². The Hall–Kier alpha value is -2.33. The van der Waals surface area contributed by atoms with Crippen molar-refractivity contribution in [3.05, 3.63) is 65.6 Å². The maximum Gasteiger partial charge on any atom is 0.180 e. The second kappa shape index (κ2) is 5.97. The Morgan fingerprint density at radius 1 is 1.14 bits per heavy atom. The molecule has 0 amide bonds. The van der Waals surface area contributed by atoms with Crippen LogP contribution in [0.5, 0.6) is 5.75 Å². The van der Waals surface area contributed by atoms with E-state index in [4.69, 9.17) is 4.74 Å². The lowest BCUT2D eigenvalue weighted by molar-refractivity contribution is 0.274. The van der Waals surface area contributed by atoms with Crippen molar-refractivity contribution >= 4 is 5.65 Å². The Morgan fingerprint density at radius 3 is 2.71 bits per heavy atom. The highest BCUT2D eigenvalue weighted by molar-refractivity contribution is 5.56. The fourth-order valence-electron chi connectivity index (χ4n) is 2.43.